The van der Waals surface area contributed by atoms with Gasteiger partial charge in [-0.25, -0.2) is 0 Å². The lowest BCUT2D eigenvalue weighted by Crippen LogP contribution is -2.02. The van der Waals surface area contributed by atoms with E-state index in [9.17, 15) is 0 Å². The smallest absolute Gasteiger partial charge is 0.0888 e. The van der Waals surface area contributed by atoms with E-state index >= 15 is 0 Å². The van der Waals surface area contributed by atoms with Crippen LogP contribution in [-0.2, 0) is 4.74 Å². The number of hydrogen-bond acceptors (Lipinski definition) is 1. The molecule has 1 rings (SSSR count). The average Bonchev–Trinajstić information content (AvgIpc) is 2.45. The topological polar surface area (TPSA) is 12.5 Å². The third kappa shape index (κ3) is 1.75. The second kappa shape index (κ2) is 2.36. The van der Waals surface area contributed by atoms with Crippen molar-refractivity contribution in [2.45, 2.75) is 25.4 Å². The summed E-state index contributed by atoms with van der Waals surface area (Å²) in [5.41, 5.74) is 0.272. The van der Waals surface area contributed by atoms with Crippen LogP contribution in [0.3, 0.4) is 0 Å². The van der Waals surface area contributed by atoms with E-state index < -0.39 is 0 Å². The first-order chi connectivity index (χ1) is 3.77. The van der Waals surface area contributed by atoms with Gasteiger partial charge in [0, 0.05) is 5.33 Å². The van der Waals surface area contributed by atoms with E-state index in [1.54, 1.807) is 0 Å². The van der Waals surface area contributed by atoms with Crippen molar-refractivity contribution in [2.24, 2.45) is 0 Å². The molecule has 0 aromatic carbocycles. The minimum Gasteiger partial charge on any atom is -0.370 e. The van der Waals surface area contributed by atoms with Crippen molar-refractivity contribution in [1.82, 2.24) is 0 Å². The summed E-state index contributed by atoms with van der Waals surface area (Å²) >= 11 is 3.37. The number of alkyl halides is 1. The first-order valence-corrected chi connectivity index (χ1v) is 4.09. The molecule has 0 aromatic rings. The van der Waals surface area contributed by atoms with Crippen LogP contribution in [0.1, 0.15) is 19.8 Å². The van der Waals surface area contributed by atoms with Crippen LogP contribution in [-0.4, -0.2) is 17.5 Å². The van der Waals surface area contributed by atoms with Crippen molar-refractivity contribution in [3.8, 4) is 0 Å². The molecule has 0 spiro atoms. The van der Waals surface area contributed by atoms with Crippen LogP contribution < -0.4 is 0 Å². The second-order valence-corrected chi connectivity index (χ2v) is 3.32. The molecule has 0 N–H and O–H groups in total. The summed E-state index contributed by atoms with van der Waals surface area (Å²) in [7, 11) is 0. The van der Waals surface area contributed by atoms with Gasteiger partial charge in [-0.2, -0.15) is 0 Å². The molecular formula is C6H11BrO. The highest BCUT2D eigenvalue weighted by atomic mass is 79.9. The molecule has 0 saturated carbocycles. The Bertz CT molecular complexity index is 78.6. The summed E-state index contributed by atoms with van der Waals surface area (Å²) in [5.74, 6) is 0. The normalized spacial score (nSPS) is 35.2. The maximum Gasteiger partial charge on any atom is 0.0888 e. The van der Waals surface area contributed by atoms with Gasteiger partial charge in [-0.05, 0) is 19.8 Å². The van der Waals surface area contributed by atoms with Gasteiger partial charge in [0.2, 0.25) is 0 Å². The van der Waals surface area contributed by atoms with Gasteiger partial charge in [0.25, 0.3) is 0 Å². The number of halogens is 1. The fourth-order valence-electron chi connectivity index (χ4n) is 0.708. The van der Waals surface area contributed by atoms with Gasteiger partial charge < -0.3 is 4.74 Å². The lowest BCUT2D eigenvalue weighted by Gasteiger charge is -1.99. The Labute approximate surface area is 58.5 Å². The zero-order valence-corrected chi connectivity index (χ0v) is 6.70. The van der Waals surface area contributed by atoms with Gasteiger partial charge in [0.05, 0.1) is 12.2 Å². The summed E-state index contributed by atoms with van der Waals surface area (Å²) in [6.45, 7) is 3.13. The molecule has 0 bridgehead atoms. The van der Waals surface area contributed by atoms with Crippen LogP contribution in [0.5, 0.6) is 0 Å². The first-order valence-electron chi connectivity index (χ1n) is 2.97. The third-order valence-corrected chi connectivity index (χ3v) is 2.04. The van der Waals surface area contributed by atoms with Crippen molar-refractivity contribution in [3.63, 3.8) is 0 Å². The van der Waals surface area contributed by atoms with E-state index in [0.717, 1.165) is 11.9 Å². The predicted octanol–water partition coefficient (Wildman–Crippen LogP) is 1.95. The molecule has 0 aromatic heterocycles. The van der Waals surface area contributed by atoms with Gasteiger partial charge >= 0.3 is 0 Å². The molecule has 1 fully saturated rings. The van der Waals surface area contributed by atoms with E-state index in [1.807, 2.05) is 0 Å². The molecule has 0 aliphatic carbocycles. The van der Waals surface area contributed by atoms with Crippen LogP contribution >= 0.6 is 15.9 Å². The first kappa shape index (κ1) is 6.56. The van der Waals surface area contributed by atoms with E-state index in [2.05, 4.69) is 22.9 Å². The van der Waals surface area contributed by atoms with Gasteiger partial charge in [-0.3, -0.25) is 0 Å². The van der Waals surface area contributed by atoms with E-state index in [0.29, 0.717) is 0 Å². The largest absolute Gasteiger partial charge is 0.370 e. The standard InChI is InChI=1S/C6H11BrO/c1-6(5-8-6)3-2-4-7/h2-5H2,1H3/t6-/m1/s1. The molecule has 1 saturated heterocycles. The van der Waals surface area contributed by atoms with Crippen LogP contribution in [0.4, 0.5) is 0 Å². The fraction of sp³-hybridized carbons (Fsp3) is 1.00. The number of ether oxygens (including phenoxy) is 1. The quantitative estimate of drug-likeness (QED) is 0.476. The van der Waals surface area contributed by atoms with Crippen molar-refractivity contribution >= 4 is 15.9 Å². The molecule has 1 aliphatic rings. The Morgan fingerprint density at radius 2 is 2.38 bits per heavy atom. The van der Waals surface area contributed by atoms with E-state index in [1.165, 1.54) is 12.8 Å². The Morgan fingerprint density at radius 3 is 2.75 bits per heavy atom. The molecule has 0 unspecified atom stereocenters. The SMILES string of the molecule is C[C@@]1(CCCBr)CO1. The summed E-state index contributed by atoms with van der Waals surface area (Å²) in [5, 5.41) is 1.10. The van der Waals surface area contributed by atoms with Crippen LogP contribution in [0.25, 0.3) is 0 Å². The molecule has 1 aliphatic heterocycles. The Morgan fingerprint density at radius 1 is 1.75 bits per heavy atom. The Hall–Kier alpha value is 0.440. The molecule has 48 valence electrons. The lowest BCUT2D eigenvalue weighted by atomic mass is 10.1. The highest BCUT2D eigenvalue weighted by Gasteiger charge is 2.37. The van der Waals surface area contributed by atoms with Crippen molar-refractivity contribution in [3.05, 3.63) is 0 Å². The van der Waals surface area contributed by atoms with Crippen molar-refractivity contribution < 1.29 is 4.74 Å². The maximum absolute atomic E-state index is 5.18. The number of hydrogen-bond donors (Lipinski definition) is 0. The molecule has 0 radical (unpaired) electrons. The number of epoxide rings is 1. The molecule has 0 amide bonds. The summed E-state index contributed by atoms with van der Waals surface area (Å²) in [6.07, 6.45) is 2.44. The third-order valence-electron chi connectivity index (χ3n) is 1.48. The number of rotatable bonds is 3. The molecule has 1 atom stereocenters. The Kier molecular flexibility index (Phi) is 1.93. The Balaban J connectivity index is 2.01. The van der Waals surface area contributed by atoms with E-state index in [-0.39, 0.29) is 5.60 Å². The fourth-order valence-corrected chi connectivity index (χ4v) is 0.989. The van der Waals surface area contributed by atoms with Gasteiger partial charge in [-0.15, -0.1) is 0 Å². The predicted molar refractivity (Wildman–Crippen MR) is 37.4 cm³/mol. The lowest BCUT2D eigenvalue weighted by molar-refractivity contribution is 0.308. The highest BCUT2D eigenvalue weighted by molar-refractivity contribution is 9.09. The van der Waals surface area contributed by atoms with Gasteiger partial charge in [-0.1, -0.05) is 15.9 Å². The minimum absolute atomic E-state index is 0.272. The molecular weight excluding hydrogens is 168 g/mol. The van der Waals surface area contributed by atoms with Crippen LogP contribution in [0.2, 0.25) is 0 Å². The minimum atomic E-state index is 0.272. The monoisotopic (exact) mass is 178 g/mol. The molecule has 1 nitrogen and oxygen atoms in total. The van der Waals surface area contributed by atoms with E-state index in [4.69, 9.17) is 4.74 Å². The van der Waals surface area contributed by atoms with Crippen LogP contribution in [0, 0.1) is 0 Å². The molecule has 2 heteroatoms. The summed E-state index contributed by atoms with van der Waals surface area (Å²) in [6, 6.07) is 0. The summed E-state index contributed by atoms with van der Waals surface area (Å²) in [4.78, 5) is 0. The zero-order chi connectivity index (χ0) is 6.04. The van der Waals surface area contributed by atoms with Crippen LogP contribution in [0.15, 0.2) is 0 Å². The van der Waals surface area contributed by atoms with Crippen molar-refractivity contribution in [2.75, 3.05) is 11.9 Å². The second-order valence-electron chi connectivity index (χ2n) is 2.53. The molecule has 8 heavy (non-hydrogen) atoms. The summed E-state index contributed by atoms with van der Waals surface area (Å²) < 4.78 is 5.18. The van der Waals surface area contributed by atoms with Crippen molar-refractivity contribution in [1.29, 1.82) is 0 Å². The van der Waals surface area contributed by atoms with Gasteiger partial charge in [0.1, 0.15) is 0 Å². The maximum atomic E-state index is 5.18. The average molecular weight is 179 g/mol. The zero-order valence-electron chi connectivity index (χ0n) is 5.11. The highest BCUT2D eigenvalue weighted by Crippen LogP contribution is 2.30. The van der Waals surface area contributed by atoms with Gasteiger partial charge in [0.15, 0.2) is 0 Å². The molecule has 1 heterocycles.